The van der Waals surface area contributed by atoms with Gasteiger partial charge in [-0.25, -0.2) is 0 Å². The van der Waals surface area contributed by atoms with Gasteiger partial charge in [0.1, 0.15) is 0 Å². The summed E-state index contributed by atoms with van der Waals surface area (Å²) in [5, 5.41) is 0. The lowest BCUT2D eigenvalue weighted by molar-refractivity contribution is -0.119. The number of ketones is 1. The van der Waals surface area contributed by atoms with Crippen molar-refractivity contribution in [1.82, 2.24) is 0 Å². The molecule has 0 fully saturated rings. The lowest BCUT2D eigenvalue weighted by atomic mass is 9.89. The van der Waals surface area contributed by atoms with Crippen LogP contribution in [0.3, 0.4) is 0 Å². The molecule has 0 aromatic carbocycles. The molecule has 1 aliphatic carbocycles. The number of rotatable bonds is 3. The van der Waals surface area contributed by atoms with E-state index in [1.165, 1.54) is 0 Å². The third kappa shape index (κ3) is 3.15. The van der Waals surface area contributed by atoms with Crippen molar-refractivity contribution >= 4 is 5.78 Å². The molecule has 0 bridgehead atoms. The number of Topliss-reactive ketones (excluding diaryl/α,β-unsaturated/α-hetero) is 1. The second kappa shape index (κ2) is 6.07. The van der Waals surface area contributed by atoms with Crippen molar-refractivity contribution in [2.24, 2.45) is 5.92 Å². The van der Waals surface area contributed by atoms with Crippen molar-refractivity contribution in [3.8, 4) is 0 Å². The fraction of sp³-hybridized carbons (Fsp3) is 0.667. The molecule has 0 N–H and O–H groups in total. The first-order chi connectivity index (χ1) is 8.38. The van der Waals surface area contributed by atoms with Crippen molar-refractivity contribution in [3.05, 3.63) is 22.7 Å². The number of hydrogen-bond donors (Lipinski definition) is 0. The molecule has 1 aliphatic rings. The highest BCUT2D eigenvalue weighted by atomic mass is 16.5. The quantitative estimate of drug-likeness (QED) is 0.769. The predicted octanol–water partition coefficient (Wildman–Crippen LogP) is 3.60. The Morgan fingerprint density at radius 2 is 1.83 bits per heavy atom. The van der Waals surface area contributed by atoms with Crippen LogP contribution in [0, 0.1) is 5.92 Å². The molecule has 1 unspecified atom stereocenters. The van der Waals surface area contributed by atoms with Gasteiger partial charge in [-0.15, -0.1) is 0 Å². The molecule has 1 atom stereocenters. The molecule has 18 heavy (non-hydrogen) atoms. The van der Waals surface area contributed by atoms with Crippen LogP contribution in [0.1, 0.15) is 47.5 Å². The smallest absolute Gasteiger partial charge is 0.167 e. The highest BCUT2D eigenvalue weighted by Crippen LogP contribution is 2.30. The van der Waals surface area contributed by atoms with Crippen LogP contribution in [0.4, 0.5) is 0 Å². The molecule has 0 aliphatic heterocycles. The molecule has 0 saturated carbocycles. The molecule has 0 aromatic heterocycles. The zero-order valence-electron chi connectivity index (χ0n) is 12.3. The number of methoxy groups -OCH3 is 1. The molecule has 3 heteroatoms. The minimum absolute atomic E-state index is 0.0235. The Kier molecular flexibility index (Phi) is 5.00. The number of carbonyl (C=O) groups is 1. The number of carbonyl (C=O) groups excluding carboxylic acids is 1. The van der Waals surface area contributed by atoms with Gasteiger partial charge >= 0.3 is 0 Å². The van der Waals surface area contributed by atoms with Gasteiger partial charge in [0.15, 0.2) is 17.3 Å². The van der Waals surface area contributed by atoms with Gasteiger partial charge in [0, 0.05) is 11.5 Å². The normalized spacial score (nSPS) is 30.2. The molecule has 0 aromatic rings. The molecule has 3 nitrogen and oxygen atoms in total. The first-order valence-corrected chi connectivity index (χ1v) is 6.54. The summed E-state index contributed by atoms with van der Waals surface area (Å²) >= 11 is 0. The van der Waals surface area contributed by atoms with Gasteiger partial charge in [0.25, 0.3) is 0 Å². The highest BCUT2D eigenvalue weighted by Gasteiger charge is 2.26. The Bertz CT molecular complexity index is 389. The van der Waals surface area contributed by atoms with E-state index >= 15 is 0 Å². The summed E-state index contributed by atoms with van der Waals surface area (Å²) in [5.41, 5.74) is 1.82. The summed E-state index contributed by atoms with van der Waals surface area (Å²) in [4.78, 5) is 12.2. The monoisotopic (exact) mass is 252 g/mol. The van der Waals surface area contributed by atoms with E-state index in [4.69, 9.17) is 9.47 Å². The lowest BCUT2D eigenvalue weighted by Gasteiger charge is -2.24. The summed E-state index contributed by atoms with van der Waals surface area (Å²) < 4.78 is 11.3. The molecule has 0 saturated heterocycles. The van der Waals surface area contributed by atoms with Crippen LogP contribution in [0.5, 0.6) is 0 Å². The molecule has 0 heterocycles. The van der Waals surface area contributed by atoms with Crippen molar-refractivity contribution in [1.29, 1.82) is 0 Å². The van der Waals surface area contributed by atoms with Crippen LogP contribution in [0.25, 0.3) is 0 Å². The van der Waals surface area contributed by atoms with Gasteiger partial charge in [-0.05, 0) is 46.1 Å². The van der Waals surface area contributed by atoms with Gasteiger partial charge in [-0.1, -0.05) is 6.92 Å². The largest absolute Gasteiger partial charge is 0.493 e. The van der Waals surface area contributed by atoms with E-state index in [0.29, 0.717) is 11.3 Å². The van der Waals surface area contributed by atoms with Gasteiger partial charge < -0.3 is 9.47 Å². The topological polar surface area (TPSA) is 35.5 Å². The Labute approximate surface area is 110 Å². The number of hydrogen-bond acceptors (Lipinski definition) is 3. The van der Waals surface area contributed by atoms with Crippen molar-refractivity contribution < 1.29 is 14.3 Å². The molecule has 0 amide bonds. The second-order valence-electron chi connectivity index (χ2n) is 5.24. The Morgan fingerprint density at radius 1 is 1.22 bits per heavy atom. The minimum atomic E-state index is 0.0235. The van der Waals surface area contributed by atoms with Crippen LogP contribution in [-0.4, -0.2) is 19.0 Å². The minimum Gasteiger partial charge on any atom is -0.493 e. The average molecular weight is 252 g/mol. The first-order valence-electron chi connectivity index (χ1n) is 6.54. The second-order valence-corrected chi connectivity index (χ2v) is 5.24. The molecular weight excluding hydrogens is 228 g/mol. The number of ether oxygens (including phenoxy) is 2. The molecule has 102 valence electrons. The Hall–Kier alpha value is -1.25. The Balaban J connectivity index is 3.31. The summed E-state index contributed by atoms with van der Waals surface area (Å²) in [6.07, 6.45) is 1.76. The van der Waals surface area contributed by atoms with Crippen LogP contribution in [0.2, 0.25) is 0 Å². The maximum absolute atomic E-state index is 12.2. The van der Waals surface area contributed by atoms with Gasteiger partial charge in [-0.3, -0.25) is 4.79 Å². The summed E-state index contributed by atoms with van der Waals surface area (Å²) in [5.74, 6) is 1.54. The molecule has 0 radical (unpaired) electrons. The summed E-state index contributed by atoms with van der Waals surface area (Å²) in [7, 11) is 1.63. The molecule has 1 rings (SSSR count). The van der Waals surface area contributed by atoms with E-state index < -0.39 is 0 Å². The SMILES string of the molecule is COC1=C(\C)CCC(C)C(=O)/C(C)=C\1OC(C)C. The number of allylic oxidation sites excluding steroid dienone is 2. The van der Waals surface area contributed by atoms with Crippen molar-refractivity contribution in [2.45, 2.75) is 53.6 Å². The van der Waals surface area contributed by atoms with E-state index in [-0.39, 0.29) is 17.8 Å². The maximum atomic E-state index is 12.2. The van der Waals surface area contributed by atoms with E-state index in [9.17, 15) is 4.79 Å². The fourth-order valence-corrected chi connectivity index (χ4v) is 2.17. The highest BCUT2D eigenvalue weighted by molar-refractivity contribution is 5.97. The first kappa shape index (κ1) is 14.8. The lowest BCUT2D eigenvalue weighted by Crippen LogP contribution is -2.20. The van der Waals surface area contributed by atoms with Crippen molar-refractivity contribution in [2.75, 3.05) is 7.11 Å². The van der Waals surface area contributed by atoms with E-state index in [0.717, 1.165) is 24.2 Å². The van der Waals surface area contributed by atoms with E-state index in [1.807, 2.05) is 34.6 Å². The zero-order valence-corrected chi connectivity index (χ0v) is 12.3. The summed E-state index contributed by atoms with van der Waals surface area (Å²) in [6, 6.07) is 0. The fourth-order valence-electron chi connectivity index (χ4n) is 2.17. The van der Waals surface area contributed by atoms with E-state index in [2.05, 4.69) is 0 Å². The third-order valence-corrected chi connectivity index (χ3v) is 3.26. The average Bonchev–Trinajstić information content (AvgIpc) is 2.32. The van der Waals surface area contributed by atoms with Crippen LogP contribution >= 0.6 is 0 Å². The van der Waals surface area contributed by atoms with Crippen LogP contribution in [-0.2, 0) is 14.3 Å². The maximum Gasteiger partial charge on any atom is 0.167 e. The summed E-state index contributed by atoms with van der Waals surface area (Å²) in [6.45, 7) is 9.75. The van der Waals surface area contributed by atoms with Gasteiger partial charge in [-0.2, -0.15) is 0 Å². The van der Waals surface area contributed by atoms with Crippen LogP contribution < -0.4 is 0 Å². The zero-order chi connectivity index (χ0) is 13.9. The predicted molar refractivity (Wildman–Crippen MR) is 72.0 cm³/mol. The van der Waals surface area contributed by atoms with Crippen molar-refractivity contribution in [3.63, 3.8) is 0 Å². The molecular formula is C15H24O3. The van der Waals surface area contributed by atoms with Gasteiger partial charge in [0.05, 0.1) is 13.2 Å². The molecule has 0 spiro atoms. The standard InChI is InChI=1S/C15H24O3/c1-9(2)18-15-12(5)13(16)10(3)7-8-11(4)14(15)17-6/h9-10H,7-8H2,1-6H3/b14-11+,15-12+. The van der Waals surface area contributed by atoms with Crippen LogP contribution in [0.15, 0.2) is 22.7 Å². The Morgan fingerprint density at radius 3 is 2.33 bits per heavy atom. The van der Waals surface area contributed by atoms with Gasteiger partial charge in [0.2, 0.25) is 0 Å². The van der Waals surface area contributed by atoms with E-state index in [1.54, 1.807) is 7.11 Å². The third-order valence-electron chi connectivity index (χ3n) is 3.26.